The molecule has 2 rings (SSSR count). The molecule has 1 amide bonds. The fourth-order valence-electron chi connectivity index (χ4n) is 2.77. The molecule has 0 atom stereocenters. The lowest BCUT2D eigenvalue weighted by Crippen LogP contribution is -2.27. The Balaban J connectivity index is 1.79. The van der Waals surface area contributed by atoms with E-state index in [4.69, 9.17) is 0 Å². The summed E-state index contributed by atoms with van der Waals surface area (Å²) in [6, 6.07) is 5.84. The van der Waals surface area contributed by atoms with Crippen LogP contribution < -0.4 is 5.32 Å². The molecule has 0 aromatic heterocycles. The Bertz CT molecular complexity index is 470. The SMILES string of the molecule is CC1CCC(CCNC(=O)c2cc(I)ccc2Br)CC1. The van der Waals surface area contributed by atoms with Crippen LogP contribution in [0.3, 0.4) is 0 Å². The molecule has 20 heavy (non-hydrogen) atoms. The van der Waals surface area contributed by atoms with Gasteiger partial charge >= 0.3 is 0 Å². The Morgan fingerprint density at radius 1 is 1.35 bits per heavy atom. The lowest BCUT2D eigenvalue weighted by molar-refractivity contribution is 0.0949. The third kappa shape index (κ3) is 4.72. The zero-order chi connectivity index (χ0) is 14.5. The molecule has 110 valence electrons. The van der Waals surface area contributed by atoms with E-state index in [9.17, 15) is 4.79 Å². The van der Waals surface area contributed by atoms with Gasteiger partial charge in [0.05, 0.1) is 5.56 Å². The monoisotopic (exact) mass is 449 g/mol. The smallest absolute Gasteiger partial charge is 0.252 e. The van der Waals surface area contributed by atoms with Crippen molar-refractivity contribution < 1.29 is 4.79 Å². The molecular weight excluding hydrogens is 429 g/mol. The van der Waals surface area contributed by atoms with Gasteiger partial charge in [-0.2, -0.15) is 0 Å². The third-order valence-electron chi connectivity index (χ3n) is 4.15. The molecule has 1 aliphatic carbocycles. The van der Waals surface area contributed by atoms with Gasteiger partial charge in [-0.15, -0.1) is 0 Å². The van der Waals surface area contributed by atoms with E-state index in [1.54, 1.807) is 0 Å². The summed E-state index contributed by atoms with van der Waals surface area (Å²) >= 11 is 5.67. The van der Waals surface area contributed by atoms with Crippen LogP contribution in [0.1, 0.15) is 49.4 Å². The van der Waals surface area contributed by atoms with E-state index in [1.165, 1.54) is 25.7 Å². The molecule has 1 aliphatic rings. The number of benzene rings is 1. The molecule has 1 N–H and O–H groups in total. The van der Waals surface area contributed by atoms with Gasteiger partial charge in [-0.25, -0.2) is 0 Å². The van der Waals surface area contributed by atoms with E-state index >= 15 is 0 Å². The van der Waals surface area contributed by atoms with Crippen LogP contribution >= 0.6 is 38.5 Å². The second kappa shape index (κ2) is 7.78. The van der Waals surface area contributed by atoms with Gasteiger partial charge in [0.25, 0.3) is 5.91 Å². The summed E-state index contributed by atoms with van der Waals surface area (Å²) < 4.78 is 1.94. The van der Waals surface area contributed by atoms with Crippen molar-refractivity contribution in [2.75, 3.05) is 6.54 Å². The van der Waals surface area contributed by atoms with Crippen molar-refractivity contribution in [2.45, 2.75) is 39.0 Å². The summed E-state index contributed by atoms with van der Waals surface area (Å²) in [5, 5.41) is 3.05. The maximum absolute atomic E-state index is 12.2. The molecule has 0 saturated heterocycles. The van der Waals surface area contributed by atoms with Gasteiger partial charge in [-0.3, -0.25) is 4.79 Å². The Morgan fingerprint density at radius 2 is 2.05 bits per heavy atom. The van der Waals surface area contributed by atoms with Crippen molar-refractivity contribution in [3.63, 3.8) is 0 Å². The van der Waals surface area contributed by atoms with Crippen LogP contribution in [0.5, 0.6) is 0 Å². The van der Waals surface area contributed by atoms with Crippen LogP contribution in [0.2, 0.25) is 0 Å². The van der Waals surface area contributed by atoms with Gasteiger partial charge in [-0.1, -0.05) is 32.6 Å². The fourth-order valence-corrected chi connectivity index (χ4v) is 3.69. The van der Waals surface area contributed by atoms with Crippen LogP contribution in [0.25, 0.3) is 0 Å². The highest BCUT2D eigenvalue weighted by Gasteiger charge is 2.18. The molecular formula is C16H21BrINO. The lowest BCUT2D eigenvalue weighted by Gasteiger charge is -2.26. The molecule has 0 aliphatic heterocycles. The van der Waals surface area contributed by atoms with E-state index < -0.39 is 0 Å². The molecule has 1 aromatic rings. The number of rotatable bonds is 4. The van der Waals surface area contributed by atoms with Crippen LogP contribution in [0.4, 0.5) is 0 Å². The number of hydrogen-bond acceptors (Lipinski definition) is 1. The van der Waals surface area contributed by atoms with Crippen molar-refractivity contribution in [3.8, 4) is 0 Å². The number of carbonyl (C=O) groups excluding carboxylic acids is 1. The predicted molar refractivity (Wildman–Crippen MR) is 94.9 cm³/mol. The van der Waals surface area contributed by atoms with Gasteiger partial charge in [-0.05, 0) is 75.0 Å². The molecule has 0 bridgehead atoms. The van der Waals surface area contributed by atoms with E-state index in [1.807, 2.05) is 18.2 Å². The van der Waals surface area contributed by atoms with E-state index in [-0.39, 0.29) is 5.91 Å². The number of hydrogen-bond donors (Lipinski definition) is 1. The van der Waals surface area contributed by atoms with Crippen molar-refractivity contribution in [1.82, 2.24) is 5.32 Å². The van der Waals surface area contributed by atoms with Crippen LogP contribution in [-0.2, 0) is 0 Å². The van der Waals surface area contributed by atoms with Crippen molar-refractivity contribution in [3.05, 3.63) is 31.8 Å². The molecule has 1 fully saturated rings. The zero-order valence-corrected chi connectivity index (χ0v) is 15.5. The highest BCUT2D eigenvalue weighted by Crippen LogP contribution is 2.30. The van der Waals surface area contributed by atoms with Gasteiger partial charge in [0.2, 0.25) is 0 Å². The minimum absolute atomic E-state index is 0.0274. The van der Waals surface area contributed by atoms with E-state index in [0.29, 0.717) is 0 Å². The number of amides is 1. The Labute approximate surface area is 143 Å². The largest absolute Gasteiger partial charge is 0.352 e. The summed E-state index contributed by atoms with van der Waals surface area (Å²) in [5.74, 6) is 1.72. The van der Waals surface area contributed by atoms with Crippen molar-refractivity contribution in [1.29, 1.82) is 0 Å². The average Bonchev–Trinajstić information content (AvgIpc) is 2.43. The van der Waals surface area contributed by atoms with Crippen molar-refractivity contribution >= 4 is 44.4 Å². The maximum atomic E-state index is 12.2. The molecule has 4 heteroatoms. The predicted octanol–water partition coefficient (Wildman–Crippen LogP) is 5.00. The molecule has 0 radical (unpaired) electrons. The number of carbonyl (C=O) groups is 1. The van der Waals surface area contributed by atoms with Gasteiger partial charge in [0.15, 0.2) is 0 Å². The first-order valence-electron chi connectivity index (χ1n) is 7.29. The van der Waals surface area contributed by atoms with Crippen molar-refractivity contribution in [2.24, 2.45) is 11.8 Å². The van der Waals surface area contributed by atoms with E-state index in [2.05, 4.69) is 50.8 Å². The summed E-state index contributed by atoms with van der Waals surface area (Å²) in [5.41, 5.74) is 0.731. The quantitative estimate of drug-likeness (QED) is 0.644. The third-order valence-corrected chi connectivity index (χ3v) is 5.51. The Morgan fingerprint density at radius 3 is 2.75 bits per heavy atom. The average molecular weight is 450 g/mol. The molecule has 0 heterocycles. The molecule has 1 aromatic carbocycles. The first-order chi connectivity index (χ1) is 9.56. The summed E-state index contributed by atoms with van der Waals surface area (Å²) in [4.78, 5) is 12.2. The van der Waals surface area contributed by atoms with E-state index in [0.717, 1.165) is 38.4 Å². The number of halogens is 2. The zero-order valence-electron chi connectivity index (χ0n) is 11.8. The van der Waals surface area contributed by atoms with Gasteiger partial charge in [0, 0.05) is 14.6 Å². The summed E-state index contributed by atoms with van der Waals surface area (Å²) in [7, 11) is 0. The molecule has 1 saturated carbocycles. The maximum Gasteiger partial charge on any atom is 0.252 e. The Kier molecular flexibility index (Phi) is 6.33. The molecule has 0 unspecified atom stereocenters. The fraction of sp³-hybridized carbons (Fsp3) is 0.562. The standard InChI is InChI=1S/C16H21BrINO/c1-11-2-4-12(5-3-11)8-9-19-16(20)14-10-13(18)6-7-15(14)17/h6-7,10-12H,2-5,8-9H2,1H3,(H,19,20). The first-order valence-corrected chi connectivity index (χ1v) is 9.16. The lowest BCUT2D eigenvalue weighted by atomic mass is 9.81. The van der Waals surface area contributed by atoms with Gasteiger partial charge < -0.3 is 5.32 Å². The minimum atomic E-state index is 0.0274. The topological polar surface area (TPSA) is 29.1 Å². The Hall–Kier alpha value is -0.100. The summed E-state index contributed by atoms with van der Waals surface area (Å²) in [6.45, 7) is 3.13. The normalized spacial score (nSPS) is 22.6. The highest BCUT2D eigenvalue weighted by atomic mass is 127. The van der Waals surface area contributed by atoms with Crippen LogP contribution in [-0.4, -0.2) is 12.5 Å². The second-order valence-corrected chi connectivity index (χ2v) is 7.89. The molecule has 2 nitrogen and oxygen atoms in total. The van der Waals surface area contributed by atoms with Crippen LogP contribution in [0.15, 0.2) is 22.7 Å². The highest BCUT2D eigenvalue weighted by molar-refractivity contribution is 14.1. The first kappa shape index (κ1) is 16.3. The second-order valence-electron chi connectivity index (χ2n) is 5.79. The summed E-state index contributed by atoms with van der Waals surface area (Å²) in [6.07, 6.45) is 6.45. The minimum Gasteiger partial charge on any atom is -0.352 e. The van der Waals surface area contributed by atoms with Crippen LogP contribution in [0, 0.1) is 15.4 Å². The number of nitrogens with one attached hydrogen (secondary N) is 1. The molecule has 0 spiro atoms. The van der Waals surface area contributed by atoms with Gasteiger partial charge in [0.1, 0.15) is 0 Å².